The van der Waals surface area contributed by atoms with E-state index < -0.39 is 0 Å². The van der Waals surface area contributed by atoms with E-state index >= 15 is 0 Å². The fraction of sp³-hybridized carbons (Fsp3) is 0.333. The van der Waals surface area contributed by atoms with E-state index in [1.807, 2.05) is 18.2 Å². The molecule has 3 rings (SSSR count). The lowest BCUT2D eigenvalue weighted by atomic mass is 9.89. The van der Waals surface area contributed by atoms with Crippen molar-refractivity contribution in [3.63, 3.8) is 0 Å². The Morgan fingerprint density at radius 2 is 2.10 bits per heavy atom. The van der Waals surface area contributed by atoms with E-state index in [9.17, 15) is 4.79 Å². The molecule has 2 heterocycles. The summed E-state index contributed by atoms with van der Waals surface area (Å²) in [6, 6.07) is 9.29. The number of para-hydroxylation sites is 1. The molecule has 1 aliphatic heterocycles. The Bertz CT molecular complexity index is 635. The SMILES string of the molecule is O=C(Nc1ccccc1C1CCNCC1)c1cc(Cl)no1. The molecule has 0 bridgehead atoms. The highest BCUT2D eigenvalue weighted by Gasteiger charge is 2.20. The molecule has 1 aromatic carbocycles. The van der Waals surface area contributed by atoms with E-state index in [4.69, 9.17) is 16.1 Å². The third-order valence-electron chi connectivity index (χ3n) is 3.69. The van der Waals surface area contributed by atoms with Crippen molar-refractivity contribution in [2.24, 2.45) is 0 Å². The number of benzene rings is 1. The van der Waals surface area contributed by atoms with Gasteiger partial charge in [-0.25, -0.2) is 0 Å². The van der Waals surface area contributed by atoms with Gasteiger partial charge in [0.1, 0.15) is 0 Å². The zero-order valence-corrected chi connectivity index (χ0v) is 12.2. The molecule has 21 heavy (non-hydrogen) atoms. The van der Waals surface area contributed by atoms with Crippen LogP contribution in [0.1, 0.15) is 34.9 Å². The lowest BCUT2D eigenvalue weighted by Crippen LogP contribution is -2.27. The number of nitrogens with zero attached hydrogens (tertiary/aromatic N) is 1. The summed E-state index contributed by atoms with van der Waals surface area (Å²) in [6.07, 6.45) is 2.14. The Labute approximate surface area is 127 Å². The van der Waals surface area contributed by atoms with Gasteiger partial charge < -0.3 is 15.2 Å². The van der Waals surface area contributed by atoms with E-state index in [1.165, 1.54) is 6.07 Å². The van der Waals surface area contributed by atoms with Gasteiger partial charge in [-0.3, -0.25) is 4.79 Å². The summed E-state index contributed by atoms with van der Waals surface area (Å²) < 4.78 is 4.88. The average Bonchev–Trinajstić information content (AvgIpc) is 2.95. The molecule has 1 aliphatic rings. The number of carbonyl (C=O) groups excluding carboxylic acids is 1. The second-order valence-corrected chi connectivity index (χ2v) is 5.47. The van der Waals surface area contributed by atoms with Crippen molar-refractivity contribution >= 4 is 23.2 Å². The third kappa shape index (κ3) is 3.25. The summed E-state index contributed by atoms with van der Waals surface area (Å²) in [5.41, 5.74) is 1.99. The summed E-state index contributed by atoms with van der Waals surface area (Å²) in [4.78, 5) is 12.1. The first-order valence-electron chi connectivity index (χ1n) is 6.97. The first-order chi connectivity index (χ1) is 10.2. The van der Waals surface area contributed by atoms with Crippen molar-refractivity contribution in [2.75, 3.05) is 18.4 Å². The van der Waals surface area contributed by atoms with Gasteiger partial charge >= 0.3 is 0 Å². The predicted octanol–water partition coefficient (Wildman–Crippen LogP) is 3.05. The predicted molar refractivity (Wildman–Crippen MR) is 80.8 cm³/mol. The van der Waals surface area contributed by atoms with E-state index in [-0.39, 0.29) is 16.8 Å². The molecule has 2 N–H and O–H groups in total. The number of nitrogens with one attached hydrogen (secondary N) is 2. The van der Waals surface area contributed by atoms with Gasteiger partial charge in [0.15, 0.2) is 5.15 Å². The monoisotopic (exact) mass is 305 g/mol. The Morgan fingerprint density at radius 3 is 2.81 bits per heavy atom. The molecule has 0 aliphatic carbocycles. The maximum atomic E-state index is 12.1. The minimum Gasteiger partial charge on any atom is -0.349 e. The molecule has 6 heteroatoms. The maximum absolute atomic E-state index is 12.1. The molecular weight excluding hydrogens is 290 g/mol. The molecule has 1 aromatic heterocycles. The van der Waals surface area contributed by atoms with Crippen molar-refractivity contribution in [2.45, 2.75) is 18.8 Å². The van der Waals surface area contributed by atoms with E-state index in [0.717, 1.165) is 37.2 Å². The molecule has 0 atom stereocenters. The fourth-order valence-electron chi connectivity index (χ4n) is 2.64. The number of amides is 1. The number of piperidine rings is 1. The molecular formula is C15H16ClN3O2. The van der Waals surface area contributed by atoms with Crippen LogP contribution in [0.3, 0.4) is 0 Å². The van der Waals surface area contributed by atoms with Crippen molar-refractivity contribution < 1.29 is 9.32 Å². The number of aromatic nitrogens is 1. The average molecular weight is 306 g/mol. The smallest absolute Gasteiger partial charge is 0.294 e. The van der Waals surface area contributed by atoms with Crippen molar-refractivity contribution in [1.82, 2.24) is 10.5 Å². The summed E-state index contributed by atoms with van der Waals surface area (Å²) in [6.45, 7) is 2.01. The third-order valence-corrected chi connectivity index (χ3v) is 3.87. The maximum Gasteiger partial charge on any atom is 0.294 e. The summed E-state index contributed by atoms with van der Waals surface area (Å²) in [7, 11) is 0. The number of hydrogen-bond acceptors (Lipinski definition) is 4. The van der Waals surface area contributed by atoms with E-state index in [0.29, 0.717) is 5.92 Å². The normalized spacial score (nSPS) is 15.9. The number of hydrogen-bond donors (Lipinski definition) is 2. The number of carbonyl (C=O) groups is 1. The molecule has 0 spiro atoms. The molecule has 1 fully saturated rings. The van der Waals surface area contributed by atoms with Gasteiger partial charge in [-0.1, -0.05) is 35.0 Å². The van der Waals surface area contributed by atoms with Gasteiger partial charge in [-0.2, -0.15) is 0 Å². The van der Waals surface area contributed by atoms with Gasteiger partial charge in [0.05, 0.1) is 0 Å². The minimum absolute atomic E-state index is 0.111. The fourth-order valence-corrected chi connectivity index (χ4v) is 2.78. The highest BCUT2D eigenvalue weighted by molar-refractivity contribution is 6.29. The van der Waals surface area contributed by atoms with Crippen LogP contribution < -0.4 is 10.6 Å². The summed E-state index contributed by atoms with van der Waals surface area (Å²) >= 11 is 5.67. The first-order valence-corrected chi connectivity index (χ1v) is 7.35. The number of halogens is 1. The molecule has 0 radical (unpaired) electrons. The van der Waals surface area contributed by atoms with Gasteiger partial charge in [-0.15, -0.1) is 0 Å². The lowest BCUT2D eigenvalue weighted by Gasteiger charge is -2.25. The molecule has 110 valence electrons. The zero-order chi connectivity index (χ0) is 14.7. The van der Waals surface area contributed by atoms with Crippen LogP contribution in [0.2, 0.25) is 5.15 Å². The van der Waals surface area contributed by atoms with Gasteiger partial charge in [0, 0.05) is 11.8 Å². The summed E-state index contributed by atoms with van der Waals surface area (Å²) in [5, 5.41) is 9.92. The Morgan fingerprint density at radius 1 is 1.33 bits per heavy atom. The van der Waals surface area contributed by atoms with Crippen LogP contribution >= 0.6 is 11.6 Å². The Balaban J connectivity index is 1.80. The molecule has 1 amide bonds. The highest BCUT2D eigenvalue weighted by atomic mass is 35.5. The summed E-state index contributed by atoms with van der Waals surface area (Å²) in [5.74, 6) is 0.233. The topological polar surface area (TPSA) is 67.2 Å². The number of anilines is 1. The van der Waals surface area contributed by atoms with Crippen molar-refractivity contribution in [1.29, 1.82) is 0 Å². The highest BCUT2D eigenvalue weighted by Crippen LogP contribution is 2.31. The lowest BCUT2D eigenvalue weighted by molar-refractivity contribution is 0.0988. The molecule has 1 saturated heterocycles. The first kappa shape index (κ1) is 14.1. The largest absolute Gasteiger partial charge is 0.349 e. The van der Waals surface area contributed by atoms with Crippen LogP contribution in [0.15, 0.2) is 34.9 Å². The Hall–Kier alpha value is -1.85. The second-order valence-electron chi connectivity index (χ2n) is 5.08. The van der Waals surface area contributed by atoms with Crippen LogP contribution in [0, 0.1) is 0 Å². The van der Waals surface area contributed by atoms with Gasteiger partial charge in [-0.05, 0) is 43.5 Å². The number of rotatable bonds is 3. The van der Waals surface area contributed by atoms with E-state index in [1.54, 1.807) is 0 Å². The van der Waals surface area contributed by atoms with Gasteiger partial charge in [0.2, 0.25) is 5.76 Å². The molecule has 0 unspecified atom stereocenters. The standard InChI is InChI=1S/C15H16ClN3O2/c16-14-9-13(21-19-14)15(20)18-12-4-2-1-3-11(12)10-5-7-17-8-6-10/h1-4,9-10,17H,5-8H2,(H,18,20). The van der Waals surface area contributed by atoms with Crippen molar-refractivity contribution in [3.8, 4) is 0 Å². The van der Waals surface area contributed by atoms with E-state index in [2.05, 4.69) is 21.9 Å². The van der Waals surface area contributed by atoms with Crippen LogP contribution in [-0.4, -0.2) is 24.2 Å². The van der Waals surface area contributed by atoms with Crippen LogP contribution in [-0.2, 0) is 0 Å². The Kier molecular flexibility index (Phi) is 4.22. The second kappa shape index (κ2) is 6.28. The molecule has 5 nitrogen and oxygen atoms in total. The molecule has 0 saturated carbocycles. The van der Waals surface area contributed by atoms with Crippen molar-refractivity contribution in [3.05, 3.63) is 46.8 Å². The quantitative estimate of drug-likeness (QED) is 0.914. The zero-order valence-electron chi connectivity index (χ0n) is 11.4. The van der Waals surface area contributed by atoms with Crippen LogP contribution in [0.4, 0.5) is 5.69 Å². The van der Waals surface area contributed by atoms with Gasteiger partial charge in [0.25, 0.3) is 5.91 Å². The van der Waals surface area contributed by atoms with Crippen LogP contribution in [0.5, 0.6) is 0 Å². The van der Waals surface area contributed by atoms with Crippen LogP contribution in [0.25, 0.3) is 0 Å². The minimum atomic E-state index is -0.337. The molecule has 2 aromatic rings.